The van der Waals surface area contributed by atoms with Crippen LogP contribution in [0.4, 0.5) is 10.1 Å². The van der Waals surface area contributed by atoms with Crippen LogP contribution in [0.15, 0.2) is 11.0 Å². The predicted octanol–water partition coefficient (Wildman–Crippen LogP) is 2.25. The number of anilines is 1. The van der Waals surface area contributed by atoms with Crippen LogP contribution in [0, 0.1) is 19.7 Å². The molecule has 6 heteroatoms. The summed E-state index contributed by atoms with van der Waals surface area (Å²) in [6.45, 7) is 4.99. The fourth-order valence-electron chi connectivity index (χ4n) is 2.53. The summed E-state index contributed by atoms with van der Waals surface area (Å²) in [7, 11) is -3.68. The van der Waals surface area contributed by atoms with Crippen molar-refractivity contribution in [3.8, 4) is 0 Å². The molecule has 106 valence electrons. The third-order valence-electron chi connectivity index (χ3n) is 3.81. The van der Waals surface area contributed by atoms with Crippen LogP contribution in [0.25, 0.3) is 0 Å². The summed E-state index contributed by atoms with van der Waals surface area (Å²) in [6.07, 6.45) is 2.66. The summed E-state index contributed by atoms with van der Waals surface area (Å²) in [5, 5.41) is 0. The van der Waals surface area contributed by atoms with E-state index < -0.39 is 15.8 Å². The van der Waals surface area contributed by atoms with Gasteiger partial charge in [0.15, 0.2) is 0 Å². The second-order valence-corrected chi connectivity index (χ2v) is 7.18. The van der Waals surface area contributed by atoms with Crippen molar-refractivity contribution in [2.24, 2.45) is 0 Å². The normalized spacial score (nSPS) is 18.1. The van der Waals surface area contributed by atoms with Gasteiger partial charge >= 0.3 is 0 Å². The van der Waals surface area contributed by atoms with E-state index in [1.165, 1.54) is 13.0 Å². The number of nitrogens with two attached hydrogens (primary N) is 1. The number of rotatable bonds is 3. The summed E-state index contributed by atoms with van der Waals surface area (Å²) in [6, 6.07) is 1.17. The Morgan fingerprint density at radius 3 is 2.42 bits per heavy atom. The van der Waals surface area contributed by atoms with Crippen LogP contribution in [0.2, 0.25) is 0 Å². The first-order chi connectivity index (χ1) is 8.66. The number of benzene rings is 1. The van der Waals surface area contributed by atoms with E-state index in [4.69, 9.17) is 5.73 Å². The minimum atomic E-state index is -3.68. The van der Waals surface area contributed by atoms with E-state index in [1.807, 2.05) is 6.92 Å². The quantitative estimate of drug-likeness (QED) is 0.837. The van der Waals surface area contributed by atoms with E-state index in [2.05, 4.69) is 4.72 Å². The van der Waals surface area contributed by atoms with Crippen LogP contribution in [-0.2, 0) is 10.0 Å². The molecule has 0 bridgehead atoms. The highest BCUT2D eigenvalue weighted by molar-refractivity contribution is 7.89. The molecule has 0 atom stereocenters. The molecule has 1 aliphatic carbocycles. The molecule has 1 aromatic carbocycles. The molecule has 0 aliphatic heterocycles. The van der Waals surface area contributed by atoms with Crippen molar-refractivity contribution in [3.63, 3.8) is 0 Å². The third kappa shape index (κ3) is 2.47. The highest BCUT2D eigenvalue weighted by Crippen LogP contribution is 2.34. The van der Waals surface area contributed by atoms with Crippen LogP contribution < -0.4 is 10.5 Å². The van der Waals surface area contributed by atoms with Crippen LogP contribution in [0.5, 0.6) is 0 Å². The van der Waals surface area contributed by atoms with Crippen LogP contribution >= 0.6 is 0 Å². The molecule has 4 nitrogen and oxygen atoms in total. The molecular weight excluding hydrogens is 267 g/mol. The third-order valence-corrected chi connectivity index (χ3v) is 5.74. The molecule has 0 aromatic heterocycles. The molecule has 1 aliphatic rings. The summed E-state index contributed by atoms with van der Waals surface area (Å²) in [5.74, 6) is -0.580. The van der Waals surface area contributed by atoms with Gasteiger partial charge in [-0.05, 0) is 57.2 Å². The van der Waals surface area contributed by atoms with Gasteiger partial charge in [0.1, 0.15) is 5.82 Å². The van der Waals surface area contributed by atoms with Crippen LogP contribution in [-0.4, -0.2) is 14.0 Å². The zero-order chi connectivity index (χ0) is 14.4. The first kappa shape index (κ1) is 14.3. The number of hydrogen-bond acceptors (Lipinski definition) is 3. The van der Waals surface area contributed by atoms with Crippen LogP contribution in [0.3, 0.4) is 0 Å². The Morgan fingerprint density at radius 1 is 1.37 bits per heavy atom. The van der Waals surface area contributed by atoms with Crippen molar-refractivity contribution in [1.82, 2.24) is 4.72 Å². The molecular formula is C13H19FN2O2S. The number of sulfonamides is 1. The van der Waals surface area contributed by atoms with Gasteiger partial charge in [-0.15, -0.1) is 0 Å². The van der Waals surface area contributed by atoms with Crippen molar-refractivity contribution < 1.29 is 12.8 Å². The van der Waals surface area contributed by atoms with Crippen molar-refractivity contribution in [2.75, 3.05) is 5.73 Å². The van der Waals surface area contributed by atoms with E-state index in [0.717, 1.165) is 19.3 Å². The monoisotopic (exact) mass is 286 g/mol. The Hall–Kier alpha value is -1.14. The summed E-state index contributed by atoms with van der Waals surface area (Å²) < 4.78 is 41.1. The molecule has 0 spiro atoms. The topological polar surface area (TPSA) is 72.2 Å². The average molecular weight is 286 g/mol. The zero-order valence-corrected chi connectivity index (χ0v) is 12.2. The summed E-state index contributed by atoms with van der Waals surface area (Å²) in [5.41, 5.74) is 5.74. The van der Waals surface area contributed by atoms with Gasteiger partial charge in [-0.1, -0.05) is 0 Å². The Balaban J connectivity index is 2.49. The molecule has 0 saturated heterocycles. The Kier molecular flexibility index (Phi) is 3.35. The molecule has 3 N–H and O–H groups in total. The lowest BCUT2D eigenvalue weighted by atomic mass is 9.80. The van der Waals surface area contributed by atoms with Crippen molar-refractivity contribution >= 4 is 15.7 Å². The molecule has 1 fully saturated rings. The average Bonchev–Trinajstić information content (AvgIpc) is 2.22. The van der Waals surface area contributed by atoms with E-state index >= 15 is 0 Å². The lowest BCUT2D eigenvalue weighted by molar-refractivity contribution is 0.248. The molecule has 1 aromatic rings. The van der Waals surface area contributed by atoms with Gasteiger partial charge in [0, 0.05) is 5.54 Å². The Labute approximate surface area is 113 Å². The largest absolute Gasteiger partial charge is 0.396 e. The standard InChI is InChI=1S/C13H19FN2O2S/c1-8-7-10(14)11(15)9(2)12(8)19(17,18)16-13(3)5-4-6-13/h7,16H,4-6,15H2,1-3H3. The van der Waals surface area contributed by atoms with Gasteiger partial charge in [-0.3, -0.25) is 0 Å². The highest BCUT2D eigenvalue weighted by Gasteiger charge is 2.37. The molecule has 2 rings (SSSR count). The molecule has 0 unspecified atom stereocenters. The number of aryl methyl sites for hydroxylation is 1. The van der Waals surface area contributed by atoms with Gasteiger partial charge < -0.3 is 5.73 Å². The number of nitrogens with one attached hydrogen (secondary N) is 1. The maximum absolute atomic E-state index is 13.5. The maximum Gasteiger partial charge on any atom is 0.241 e. The molecule has 19 heavy (non-hydrogen) atoms. The minimum absolute atomic E-state index is 0.0968. The SMILES string of the molecule is Cc1cc(F)c(N)c(C)c1S(=O)(=O)NC1(C)CCC1. The van der Waals surface area contributed by atoms with Crippen LogP contribution in [0.1, 0.15) is 37.3 Å². The Morgan fingerprint density at radius 2 is 1.95 bits per heavy atom. The first-order valence-electron chi connectivity index (χ1n) is 6.25. The second kappa shape index (κ2) is 4.45. The van der Waals surface area contributed by atoms with E-state index in [-0.39, 0.29) is 21.7 Å². The van der Waals surface area contributed by atoms with Gasteiger partial charge in [0.25, 0.3) is 0 Å². The maximum atomic E-state index is 13.5. The molecule has 1 saturated carbocycles. The van der Waals surface area contributed by atoms with Crippen molar-refractivity contribution in [2.45, 2.75) is 50.5 Å². The lowest BCUT2D eigenvalue weighted by Gasteiger charge is -2.38. The van der Waals surface area contributed by atoms with E-state index in [1.54, 1.807) is 6.92 Å². The Bertz CT molecular complexity index is 622. The van der Waals surface area contributed by atoms with Gasteiger partial charge in [-0.25, -0.2) is 17.5 Å². The smallest absolute Gasteiger partial charge is 0.241 e. The van der Waals surface area contributed by atoms with Gasteiger partial charge in [-0.2, -0.15) is 0 Å². The summed E-state index contributed by atoms with van der Waals surface area (Å²) in [4.78, 5) is 0.0968. The van der Waals surface area contributed by atoms with E-state index in [9.17, 15) is 12.8 Å². The lowest BCUT2D eigenvalue weighted by Crippen LogP contribution is -2.51. The number of nitrogen functional groups attached to an aromatic ring is 1. The minimum Gasteiger partial charge on any atom is -0.396 e. The fraction of sp³-hybridized carbons (Fsp3) is 0.538. The van der Waals surface area contributed by atoms with Gasteiger partial charge in [0.05, 0.1) is 10.6 Å². The number of hydrogen-bond donors (Lipinski definition) is 2. The van der Waals surface area contributed by atoms with Gasteiger partial charge in [0.2, 0.25) is 10.0 Å². The summed E-state index contributed by atoms with van der Waals surface area (Å²) >= 11 is 0. The van der Waals surface area contributed by atoms with Crippen molar-refractivity contribution in [1.29, 1.82) is 0 Å². The molecule has 0 radical (unpaired) electrons. The molecule has 0 amide bonds. The first-order valence-corrected chi connectivity index (χ1v) is 7.74. The number of halogens is 1. The fourth-order valence-corrected chi connectivity index (χ4v) is 4.48. The van der Waals surface area contributed by atoms with E-state index in [0.29, 0.717) is 5.56 Å². The predicted molar refractivity (Wildman–Crippen MR) is 72.9 cm³/mol. The zero-order valence-electron chi connectivity index (χ0n) is 11.4. The molecule has 0 heterocycles. The van der Waals surface area contributed by atoms with Crippen molar-refractivity contribution in [3.05, 3.63) is 23.0 Å². The highest BCUT2D eigenvalue weighted by atomic mass is 32.2. The second-order valence-electron chi connectivity index (χ2n) is 5.56.